The van der Waals surface area contributed by atoms with Crippen LogP contribution in [0.2, 0.25) is 0 Å². The molecule has 2 fully saturated rings. The van der Waals surface area contributed by atoms with Gasteiger partial charge >= 0.3 is 0 Å². The van der Waals surface area contributed by atoms with Gasteiger partial charge in [0.2, 0.25) is 5.91 Å². The summed E-state index contributed by atoms with van der Waals surface area (Å²) >= 11 is 3.27. The summed E-state index contributed by atoms with van der Waals surface area (Å²) < 4.78 is 11.2. The number of thiazole rings is 2. The SMILES string of the molecule is N/C(=N\O)c1cccc(C(=O)NCC2(c3nc(-c4ccccc4)cs3)CCOCC2)c1.[C-]#[N+]c1cccc(C(=O)NCC2(c3nc(-c4ccccc4)cs3)CCOCC2)c1. The number of nitrogens with one attached hydrogen (secondary N) is 2. The predicted molar refractivity (Wildman–Crippen MR) is 235 cm³/mol. The lowest BCUT2D eigenvalue weighted by Gasteiger charge is -2.35. The van der Waals surface area contributed by atoms with Crippen LogP contribution in [0.25, 0.3) is 27.4 Å². The molecule has 2 aliphatic rings. The molecule has 14 heteroatoms. The van der Waals surface area contributed by atoms with E-state index < -0.39 is 0 Å². The Morgan fingerprint density at radius 1 is 0.683 bits per heavy atom. The lowest BCUT2D eigenvalue weighted by Crippen LogP contribution is -2.44. The van der Waals surface area contributed by atoms with Crippen molar-refractivity contribution in [3.63, 3.8) is 0 Å². The number of aromatic nitrogens is 2. The maximum Gasteiger partial charge on any atom is 0.251 e. The summed E-state index contributed by atoms with van der Waals surface area (Å²) in [6.07, 6.45) is 3.21. The van der Waals surface area contributed by atoms with Gasteiger partial charge in [0.1, 0.15) is 10.0 Å². The number of benzene rings is 4. The molecule has 2 aromatic heterocycles. The molecule has 0 radical (unpaired) electrons. The summed E-state index contributed by atoms with van der Waals surface area (Å²) in [6.45, 7) is 10.7. The number of carbonyl (C=O) groups excluding carboxylic acids is 2. The summed E-state index contributed by atoms with van der Waals surface area (Å²) in [7, 11) is 0. The molecule has 306 valence electrons. The third-order valence-corrected chi connectivity index (χ3v) is 13.1. The second-order valence-corrected chi connectivity index (χ2v) is 16.4. The summed E-state index contributed by atoms with van der Waals surface area (Å²) in [4.78, 5) is 38.8. The molecule has 0 unspecified atom stereocenters. The molecular weight excluding hydrogens is 795 g/mol. The molecule has 0 saturated carbocycles. The number of amides is 2. The molecule has 0 spiro atoms. The molecule has 0 aliphatic carbocycles. The zero-order valence-electron chi connectivity index (χ0n) is 32.9. The maximum absolute atomic E-state index is 12.8. The van der Waals surface area contributed by atoms with E-state index in [4.69, 9.17) is 37.0 Å². The van der Waals surface area contributed by atoms with Gasteiger partial charge in [-0.05, 0) is 43.9 Å². The Hall–Kier alpha value is -6.24. The number of rotatable bonds is 11. The Labute approximate surface area is 357 Å². The number of hydrogen-bond acceptors (Lipinski definition) is 10. The van der Waals surface area contributed by atoms with Crippen LogP contribution in [0.3, 0.4) is 0 Å². The van der Waals surface area contributed by atoms with Gasteiger partial charge in [0.15, 0.2) is 11.5 Å². The van der Waals surface area contributed by atoms with E-state index in [2.05, 4.69) is 43.5 Å². The lowest BCUT2D eigenvalue weighted by molar-refractivity contribution is 0.0486. The van der Waals surface area contributed by atoms with E-state index in [9.17, 15) is 9.59 Å². The van der Waals surface area contributed by atoms with Gasteiger partial charge in [-0.25, -0.2) is 14.8 Å². The van der Waals surface area contributed by atoms with Crippen molar-refractivity contribution in [3.8, 4) is 22.5 Å². The topological polar surface area (TPSA) is 165 Å². The van der Waals surface area contributed by atoms with Crippen LogP contribution in [0, 0.1) is 6.57 Å². The Morgan fingerprint density at radius 3 is 1.60 bits per heavy atom. The highest BCUT2D eigenvalue weighted by molar-refractivity contribution is 7.10. The molecule has 0 atom stereocenters. The highest BCUT2D eigenvalue weighted by atomic mass is 32.1. The van der Waals surface area contributed by atoms with E-state index >= 15 is 0 Å². The summed E-state index contributed by atoms with van der Waals surface area (Å²) in [5, 5.41) is 24.2. The van der Waals surface area contributed by atoms with E-state index in [-0.39, 0.29) is 28.5 Å². The Kier molecular flexibility index (Phi) is 13.7. The van der Waals surface area contributed by atoms with Crippen molar-refractivity contribution in [1.29, 1.82) is 0 Å². The van der Waals surface area contributed by atoms with Crippen molar-refractivity contribution < 1.29 is 24.3 Å². The summed E-state index contributed by atoms with van der Waals surface area (Å²) in [5.74, 6) is -0.411. The van der Waals surface area contributed by atoms with Gasteiger partial charge in [0.05, 0.1) is 18.0 Å². The molecule has 4 heterocycles. The lowest BCUT2D eigenvalue weighted by atomic mass is 9.80. The van der Waals surface area contributed by atoms with Crippen LogP contribution in [0.15, 0.2) is 125 Å². The quantitative estimate of drug-likeness (QED) is 0.0333. The van der Waals surface area contributed by atoms with Gasteiger partial charge < -0.3 is 31.0 Å². The zero-order valence-corrected chi connectivity index (χ0v) is 34.5. The minimum Gasteiger partial charge on any atom is -0.409 e. The van der Waals surface area contributed by atoms with Crippen LogP contribution < -0.4 is 16.4 Å². The first kappa shape index (κ1) is 41.9. The van der Waals surface area contributed by atoms with Crippen molar-refractivity contribution in [1.82, 2.24) is 20.6 Å². The molecular formula is C46H45N7O5S2. The van der Waals surface area contributed by atoms with Gasteiger partial charge in [-0.3, -0.25) is 9.59 Å². The normalized spacial score (nSPS) is 15.8. The van der Waals surface area contributed by atoms with Crippen LogP contribution in [0.4, 0.5) is 5.69 Å². The highest BCUT2D eigenvalue weighted by Gasteiger charge is 2.39. The standard InChI is InChI=1S/C23H24N4O3S.C23H21N3O2S/c24-20(27-29)17-7-4-8-18(13-17)21(28)25-15-23(9-11-30-12-10-23)22-26-19(14-31-22)16-5-2-1-3-6-16;1-24-19-9-5-8-18(14-19)21(27)25-16-23(10-12-28-13-11-23)22-26-20(15-29-22)17-6-3-2-4-7-17/h1-8,13-14,29H,9-12,15H2,(H2,24,27)(H,25,28);2-9,14-15H,10-13,16H2,(H,25,27). The minimum atomic E-state index is -0.269. The fraction of sp³-hybridized carbons (Fsp3) is 0.261. The van der Waals surface area contributed by atoms with Crippen molar-refractivity contribution >= 4 is 46.0 Å². The molecule has 2 amide bonds. The fourth-order valence-electron chi connectivity index (χ4n) is 7.27. The van der Waals surface area contributed by atoms with Crippen molar-refractivity contribution in [2.24, 2.45) is 10.9 Å². The smallest absolute Gasteiger partial charge is 0.251 e. The average Bonchev–Trinajstić information content (AvgIpc) is 4.04. The van der Waals surface area contributed by atoms with Crippen molar-refractivity contribution in [3.05, 3.63) is 158 Å². The second kappa shape index (κ2) is 19.7. The van der Waals surface area contributed by atoms with Crippen LogP contribution in [-0.4, -0.2) is 72.3 Å². The number of nitrogens with two attached hydrogens (primary N) is 1. The summed E-state index contributed by atoms with van der Waals surface area (Å²) in [6, 6.07) is 33.7. The predicted octanol–water partition coefficient (Wildman–Crippen LogP) is 8.22. The van der Waals surface area contributed by atoms with Crippen LogP contribution in [-0.2, 0) is 20.3 Å². The third-order valence-electron chi connectivity index (χ3n) is 10.9. The number of carbonyl (C=O) groups is 2. The van der Waals surface area contributed by atoms with Gasteiger partial charge in [0, 0.05) is 88.9 Å². The Morgan fingerprint density at radius 2 is 1.13 bits per heavy atom. The van der Waals surface area contributed by atoms with E-state index in [1.165, 1.54) is 0 Å². The number of amidine groups is 1. The fourth-order valence-corrected chi connectivity index (χ4v) is 9.45. The zero-order chi connectivity index (χ0) is 41.8. The first-order valence-electron chi connectivity index (χ1n) is 19.6. The third kappa shape index (κ3) is 9.95. The van der Waals surface area contributed by atoms with Crippen molar-refractivity contribution in [2.75, 3.05) is 39.5 Å². The Balaban J connectivity index is 0.000000182. The van der Waals surface area contributed by atoms with Gasteiger partial charge in [0.25, 0.3) is 5.91 Å². The molecule has 2 aliphatic heterocycles. The minimum absolute atomic E-state index is 0.0354. The van der Waals surface area contributed by atoms with Gasteiger partial charge in [-0.1, -0.05) is 96.2 Å². The Bertz CT molecular complexity index is 2450. The molecule has 12 nitrogen and oxygen atoms in total. The molecule has 6 aromatic rings. The molecule has 8 rings (SSSR count). The maximum atomic E-state index is 12.8. The molecule has 4 aromatic carbocycles. The largest absolute Gasteiger partial charge is 0.409 e. The number of oxime groups is 1. The van der Waals surface area contributed by atoms with E-state index in [1.54, 1.807) is 71.2 Å². The van der Waals surface area contributed by atoms with Crippen molar-refractivity contribution in [2.45, 2.75) is 36.5 Å². The number of hydrogen-bond donors (Lipinski definition) is 4. The van der Waals surface area contributed by atoms with Gasteiger partial charge in [-0.2, -0.15) is 0 Å². The van der Waals surface area contributed by atoms with Gasteiger partial charge in [-0.15, -0.1) is 22.7 Å². The molecule has 60 heavy (non-hydrogen) atoms. The van der Waals surface area contributed by atoms with E-state index in [0.717, 1.165) is 58.2 Å². The molecule has 0 bridgehead atoms. The second-order valence-electron chi connectivity index (χ2n) is 14.7. The van der Waals surface area contributed by atoms with Crippen LogP contribution in [0.1, 0.15) is 62.0 Å². The van der Waals surface area contributed by atoms with Crippen LogP contribution in [0.5, 0.6) is 0 Å². The van der Waals surface area contributed by atoms with Crippen LogP contribution >= 0.6 is 22.7 Å². The molecule has 2 saturated heterocycles. The van der Waals surface area contributed by atoms with E-state index in [0.29, 0.717) is 61.9 Å². The first-order valence-corrected chi connectivity index (χ1v) is 21.4. The highest BCUT2D eigenvalue weighted by Crippen LogP contribution is 2.39. The van der Waals surface area contributed by atoms with E-state index in [1.807, 2.05) is 48.5 Å². The number of ether oxygens (including phenoxy) is 2. The average molecular weight is 840 g/mol. The number of nitrogens with zero attached hydrogens (tertiary/aromatic N) is 4. The molecule has 5 N–H and O–H groups in total. The first-order chi connectivity index (χ1) is 29.3. The summed E-state index contributed by atoms with van der Waals surface area (Å²) in [5.41, 5.74) is 11.1. The monoisotopic (exact) mass is 839 g/mol.